The summed E-state index contributed by atoms with van der Waals surface area (Å²) in [7, 11) is 1.62. The maximum atomic E-state index is 11.2. The third-order valence-corrected chi connectivity index (χ3v) is 2.59. The predicted octanol–water partition coefficient (Wildman–Crippen LogP) is -0.782. The lowest BCUT2D eigenvalue weighted by Gasteiger charge is -2.33. The number of methoxy groups -OCH3 is 1. The number of nitrogens with one attached hydrogen (secondary N) is 2. The smallest absolute Gasteiger partial charge is 0.221 e. The zero-order valence-electron chi connectivity index (χ0n) is 9.29. The van der Waals surface area contributed by atoms with E-state index in [-0.39, 0.29) is 5.91 Å². The Kier molecular flexibility index (Phi) is 5.60. The lowest BCUT2D eigenvalue weighted by molar-refractivity contribution is -0.121. The minimum atomic E-state index is 0.0724. The number of carbonyl (C=O) groups is 1. The molecule has 0 aliphatic heterocycles. The molecule has 0 spiro atoms. The van der Waals surface area contributed by atoms with Gasteiger partial charge < -0.3 is 21.1 Å². The van der Waals surface area contributed by atoms with Crippen molar-refractivity contribution < 1.29 is 9.53 Å². The van der Waals surface area contributed by atoms with Crippen molar-refractivity contribution in [2.75, 3.05) is 26.8 Å². The molecule has 4 N–H and O–H groups in total. The van der Waals surface area contributed by atoms with E-state index in [0.717, 1.165) is 19.4 Å². The molecule has 0 aromatic rings. The Bertz CT molecular complexity index is 193. The van der Waals surface area contributed by atoms with Crippen molar-refractivity contribution in [2.45, 2.75) is 31.3 Å². The van der Waals surface area contributed by atoms with Gasteiger partial charge in [-0.05, 0) is 12.8 Å². The van der Waals surface area contributed by atoms with Gasteiger partial charge in [0.2, 0.25) is 5.91 Å². The molecule has 1 fully saturated rings. The average Bonchev–Trinajstić information content (AvgIpc) is 2.15. The summed E-state index contributed by atoms with van der Waals surface area (Å²) < 4.78 is 4.83. The maximum absolute atomic E-state index is 11.2. The Balaban J connectivity index is 1.88. The molecule has 0 aromatic heterocycles. The van der Waals surface area contributed by atoms with Crippen LogP contribution in [0, 0.1) is 0 Å². The van der Waals surface area contributed by atoms with Gasteiger partial charge in [-0.1, -0.05) is 0 Å². The summed E-state index contributed by atoms with van der Waals surface area (Å²) in [6.07, 6.45) is 2.59. The van der Waals surface area contributed by atoms with E-state index in [1.807, 2.05) is 0 Å². The number of ether oxygens (including phenoxy) is 1. The van der Waals surface area contributed by atoms with Gasteiger partial charge in [0.05, 0.1) is 6.61 Å². The van der Waals surface area contributed by atoms with E-state index < -0.39 is 0 Å². The highest BCUT2D eigenvalue weighted by molar-refractivity contribution is 5.76. The van der Waals surface area contributed by atoms with Crippen LogP contribution >= 0.6 is 0 Å². The Hall–Kier alpha value is -0.650. The summed E-state index contributed by atoms with van der Waals surface area (Å²) in [6.45, 7) is 1.89. The summed E-state index contributed by atoms with van der Waals surface area (Å²) >= 11 is 0. The molecule has 1 rings (SSSR count). The normalized spacial score (nSPS) is 24.7. The highest BCUT2D eigenvalue weighted by atomic mass is 16.5. The van der Waals surface area contributed by atoms with Crippen molar-refractivity contribution in [3.63, 3.8) is 0 Å². The quantitative estimate of drug-likeness (QED) is 0.487. The maximum Gasteiger partial charge on any atom is 0.221 e. The van der Waals surface area contributed by atoms with Gasteiger partial charge in [-0.2, -0.15) is 0 Å². The lowest BCUT2D eigenvalue weighted by Crippen LogP contribution is -2.49. The van der Waals surface area contributed by atoms with Crippen molar-refractivity contribution in [3.8, 4) is 0 Å². The molecule has 1 aliphatic rings. The van der Waals surface area contributed by atoms with Crippen LogP contribution in [0.4, 0.5) is 0 Å². The first-order chi connectivity index (χ1) is 7.22. The van der Waals surface area contributed by atoms with Crippen LogP contribution in [0.25, 0.3) is 0 Å². The Morgan fingerprint density at radius 2 is 2.20 bits per heavy atom. The predicted molar refractivity (Wildman–Crippen MR) is 58.5 cm³/mol. The molecule has 5 nitrogen and oxygen atoms in total. The molecule has 0 bridgehead atoms. The van der Waals surface area contributed by atoms with E-state index in [1.54, 1.807) is 7.11 Å². The van der Waals surface area contributed by atoms with Crippen LogP contribution in [0.15, 0.2) is 0 Å². The fourth-order valence-electron chi connectivity index (χ4n) is 1.60. The number of nitrogens with two attached hydrogens (primary N) is 1. The molecule has 15 heavy (non-hydrogen) atoms. The van der Waals surface area contributed by atoms with E-state index in [2.05, 4.69) is 10.6 Å². The third kappa shape index (κ3) is 5.11. The van der Waals surface area contributed by atoms with Crippen LogP contribution in [0.5, 0.6) is 0 Å². The minimum absolute atomic E-state index is 0.0724. The second-order valence-electron chi connectivity index (χ2n) is 3.98. The van der Waals surface area contributed by atoms with Gasteiger partial charge in [0.15, 0.2) is 0 Å². The molecule has 0 unspecified atom stereocenters. The first-order valence-corrected chi connectivity index (χ1v) is 5.47. The van der Waals surface area contributed by atoms with Crippen LogP contribution in [-0.4, -0.2) is 44.8 Å². The summed E-state index contributed by atoms with van der Waals surface area (Å²) in [5.41, 5.74) is 5.65. The molecule has 0 aromatic carbocycles. The Morgan fingerprint density at radius 3 is 2.80 bits per heavy atom. The number of rotatable bonds is 7. The average molecular weight is 215 g/mol. The number of carbonyl (C=O) groups excluding carboxylic acids is 1. The largest absolute Gasteiger partial charge is 0.383 e. The third-order valence-electron chi connectivity index (χ3n) is 2.59. The zero-order valence-corrected chi connectivity index (χ0v) is 9.29. The molecule has 1 saturated carbocycles. The van der Waals surface area contributed by atoms with Crippen LogP contribution in [-0.2, 0) is 9.53 Å². The standard InChI is InChI=1S/C10H21N3O2/c1-15-5-4-13-10(14)2-3-12-9-6-8(11)7-9/h8-9,12H,2-7,11H2,1H3,(H,13,14). The van der Waals surface area contributed by atoms with Crippen LogP contribution < -0.4 is 16.4 Å². The minimum Gasteiger partial charge on any atom is -0.383 e. The van der Waals surface area contributed by atoms with Crippen LogP contribution in [0.3, 0.4) is 0 Å². The van der Waals surface area contributed by atoms with Gasteiger partial charge in [0, 0.05) is 38.7 Å². The van der Waals surface area contributed by atoms with Crippen LogP contribution in [0.2, 0.25) is 0 Å². The monoisotopic (exact) mass is 215 g/mol. The highest BCUT2D eigenvalue weighted by Gasteiger charge is 2.24. The number of hydrogen-bond acceptors (Lipinski definition) is 4. The fourth-order valence-corrected chi connectivity index (χ4v) is 1.60. The first kappa shape index (κ1) is 12.4. The zero-order chi connectivity index (χ0) is 11.1. The molecular formula is C10H21N3O2. The first-order valence-electron chi connectivity index (χ1n) is 5.47. The van der Waals surface area contributed by atoms with Crippen molar-refractivity contribution in [3.05, 3.63) is 0 Å². The van der Waals surface area contributed by atoms with E-state index in [1.165, 1.54) is 0 Å². The Morgan fingerprint density at radius 1 is 1.47 bits per heavy atom. The lowest BCUT2D eigenvalue weighted by atomic mass is 9.88. The molecule has 1 aliphatic carbocycles. The van der Waals surface area contributed by atoms with Crippen molar-refractivity contribution >= 4 is 5.91 Å². The van der Waals surface area contributed by atoms with Gasteiger partial charge in [-0.25, -0.2) is 0 Å². The SMILES string of the molecule is COCCNC(=O)CCNC1CC(N)C1. The van der Waals surface area contributed by atoms with Gasteiger partial charge in [-0.3, -0.25) is 4.79 Å². The molecule has 5 heteroatoms. The molecule has 0 saturated heterocycles. The molecule has 0 heterocycles. The number of amides is 1. The van der Waals surface area contributed by atoms with E-state index in [4.69, 9.17) is 10.5 Å². The van der Waals surface area contributed by atoms with Gasteiger partial charge in [0.25, 0.3) is 0 Å². The van der Waals surface area contributed by atoms with Gasteiger partial charge in [-0.15, -0.1) is 0 Å². The second kappa shape index (κ2) is 6.76. The van der Waals surface area contributed by atoms with Gasteiger partial charge in [0.1, 0.15) is 0 Å². The van der Waals surface area contributed by atoms with Crippen molar-refractivity contribution in [1.82, 2.24) is 10.6 Å². The molecule has 0 atom stereocenters. The highest BCUT2D eigenvalue weighted by Crippen LogP contribution is 2.16. The summed E-state index contributed by atoms with van der Waals surface area (Å²) in [5, 5.41) is 6.07. The van der Waals surface area contributed by atoms with Crippen molar-refractivity contribution in [1.29, 1.82) is 0 Å². The topological polar surface area (TPSA) is 76.4 Å². The summed E-state index contributed by atoms with van der Waals surface area (Å²) in [5.74, 6) is 0.0724. The van der Waals surface area contributed by atoms with Crippen molar-refractivity contribution in [2.24, 2.45) is 5.73 Å². The Labute approximate surface area is 90.7 Å². The van der Waals surface area contributed by atoms with Crippen LogP contribution in [0.1, 0.15) is 19.3 Å². The summed E-state index contributed by atoms with van der Waals surface area (Å²) in [6, 6.07) is 0.879. The molecule has 0 radical (unpaired) electrons. The molecule has 1 amide bonds. The molecule has 88 valence electrons. The second-order valence-corrected chi connectivity index (χ2v) is 3.98. The molecular weight excluding hydrogens is 194 g/mol. The van der Waals surface area contributed by atoms with E-state index in [9.17, 15) is 4.79 Å². The van der Waals surface area contributed by atoms with Gasteiger partial charge >= 0.3 is 0 Å². The number of hydrogen-bond donors (Lipinski definition) is 3. The fraction of sp³-hybridized carbons (Fsp3) is 0.900. The van der Waals surface area contributed by atoms with E-state index in [0.29, 0.717) is 31.7 Å². The summed E-state index contributed by atoms with van der Waals surface area (Å²) in [4.78, 5) is 11.2. The van der Waals surface area contributed by atoms with E-state index >= 15 is 0 Å².